The second-order valence-electron chi connectivity index (χ2n) is 4.52. The van der Waals surface area contributed by atoms with E-state index in [-0.39, 0.29) is 11.9 Å². The third-order valence-electron chi connectivity index (χ3n) is 3.35. The summed E-state index contributed by atoms with van der Waals surface area (Å²) in [7, 11) is 3.58. The van der Waals surface area contributed by atoms with E-state index in [1.54, 1.807) is 18.1 Å². The van der Waals surface area contributed by atoms with Crippen LogP contribution in [-0.2, 0) is 18.3 Å². The van der Waals surface area contributed by atoms with E-state index in [1.807, 2.05) is 7.05 Å². The molecular formula is C11H19N5O. The molecule has 2 atom stereocenters. The molecule has 6 heteroatoms. The van der Waals surface area contributed by atoms with Crippen LogP contribution in [0.25, 0.3) is 0 Å². The number of hydrogen-bond acceptors (Lipinski definition) is 4. The molecule has 2 unspecified atom stereocenters. The molecule has 0 aromatic carbocycles. The first-order chi connectivity index (χ1) is 8.20. The monoisotopic (exact) mass is 237 g/mol. The predicted octanol–water partition coefficient (Wildman–Crippen LogP) is -0.528. The first kappa shape index (κ1) is 12.0. The molecule has 2 heterocycles. The fraction of sp³-hybridized carbons (Fsp3) is 0.727. The summed E-state index contributed by atoms with van der Waals surface area (Å²) < 4.78 is 1.80. The van der Waals surface area contributed by atoms with Gasteiger partial charge < -0.3 is 10.6 Å². The lowest BCUT2D eigenvalue weighted by molar-refractivity contribution is -0.123. The van der Waals surface area contributed by atoms with E-state index in [9.17, 15) is 4.79 Å². The number of hydrogen-bond donors (Lipinski definition) is 2. The Bertz CT molecular complexity index is 389. The highest BCUT2D eigenvalue weighted by Gasteiger charge is 2.26. The van der Waals surface area contributed by atoms with Gasteiger partial charge in [0.1, 0.15) is 12.2 Å². The molecule has 2 rings (SSSR count). The minimum Gasteiger partial charge on any atom is -0.358 e. The van der Waals surface area contributed by atoms with E-state index in [2.05, 4.69) is 20.7 Å². The maximum Gasteiger partial charge on any atom is 0.236 e. The fourth-order valence-electron chi connectivity index (χ4n) is 2.32. The van der Waals surface area contributed by atoms with E-state index < -0.39 is 0 Å². The van der Waals surface area contributed by atoms with Crippen molar-refractivity contribution in [3.63, 3.8) is 0 Å². The molecule has 0 bridgehead atoms. The molecule has 1 aromatic rings. The number of rotatable bonds is 3. The summed E-state index contributed by atoms with van der Waals surface area (Å²) in [4.78, 5) is 15.8. The Morgan fingerprint density at radius 1 is 1.71 bits per heavy atom. The minimum absolute atomic E-state index is 0.0630. The topological polar surface area (TPSA) is 71.8 Å². The summed E-state index contributed by atoms with van der Waals surface area (Å²) in [5, 5.41) is 9.99. The number of aryl methyl sites for hydroxylation is 1. The van der Waals surface area contributed by atoms with E-state index in [1.165, 1.54) is 0 Å². The van der Waals surface area contributed by atoms with Crippen LogP contribution < -0.4 is 10.6 Å². The number of nitrogens with one attached hydrogen (secondary N) is 2. The highest BCUT2D eigenvalue weighted by molar-refractivity contribution is 5.81. The fourth-order valence-corrected chi connectivity index (χ4v) is 2.32. The van der Waals surface area contributed by atoms with E-state index in [4.69, 9.17) is 0 Å². The van der Waals surface area contributed by atoms with Gasteiger partial charge in [0, 0.05) is 20.5 Å². The Kier molecular flexibility index (Phi) is 3.73. The first-order valence-corrected chi connectivity index (χ1v) is 5.98. The maximum atomic E-state index is 11.6. The standard InChI is InChI=1S/C11H19N5O/c1-12-11(17)9-5-8(3-4-13-9)6-10-14-7-15-16(10)2/h7-9,13H,3-6H2,1-2H3,(H,12,17). The molecule has 1 fully saturated rings. The molecule has 1 aliphatic heterocycles. The molecule has 1 amide bonds. The smallest absolute Gasteiger partial charge is 0.236 e. The highest BCUT2D eigenvalue weighted by Crippen LogP contribution is 2.20. The van der Waals surface area contributed by atoms with Gasteiger partial charge in [0.15, 0.2) is 0 Å². The number of carbonyl (C=O) groups excluding carboxylic acids is 1. The zero-order chi connectivity index (χ0) is 12.3. The van der Waals surface area contributed by atoms with Crippen LogP contribution in [0.5, 0.6) is 0 Å². The lowest BCUT2D eigenvalue weighted by Gasteiger charge is -2.28. The van der Waals surface area contributed by atoms with Crippen LogP contribution in [0.3, 0.4) is 0 Å². The Hall–Kier alpha value is -1.43. The van der Waals surface area contributed by atoms with Crippen molar-refractivity contribution in [1.29, 1.82) is 0 Å². The van der Waals surface area contributed by atoms with Gasteiger partial charge in [0.05, 0.1) is 6.04 Å². The normalized spacial score (nSPS) is 24.6. The number of carbonyl (C=O) groups is 1. The quantitative estimate of drug-likeness (QED) is 0.741. The Labute approximate surface area is 101 Å². The molecule has 0 aliphatic carbocycles. The Balaban J connectivity index is 1.94. The molecule has 1 aromatic heterocycles. The lowest BCUT2D eigenvalue weighted by Crippen LogP contribution is -2.48. The maximum absolute atomic E-state index is 11.6. The van der Waals surface area contributed by atoms with Gasteiger partial charge in [-0.05, 0) is 25.3 Å². The molecule has 0 saturated carbocycles. The van der Waals surface area contributed by atoms with Gasteiger partial charge in [-0.15, -0.1) is 0 Å². The van der Waals surface area contributed by atoms with E-state index in [0.717, 1.165) is 31.6 Å². The zero-order valence-corrected chi connectivity index (χ0v) is 10.3. The molecule has 2 N–H and O–H groups in total. The Morgan fingerprint density at radius 3 is 3.18 bits per heavy atom. The molecule has 1 saturated heterocycles. The molecule has 17 heavy (non-hydrogen) atoms. The zero-order valence-electron chi connectivity index (χ0n) is 10.3. The SMILES string of the molecule is CNC(=O)C1CC(Cc2ncnn2C)CCN1. The van der Waals surface area contributed by atoms with Crippen LogP contribution >= 0.6 is 0 Å². The average molecular weight is 237 g/mol. The third-order valence-corrected chi connectivity index (χ3v) is 3.35. The van der Waals surface area contributed by atoms with Crippen LogP contribution in [0, 0.1) is 5.92 Å². The van der Waals surface area contributed by atoms with Gasteiger partial charge >= 0.3 is 0 Å². The molecular weight excluding hydrogens is 218 g/mol. The van der Waals surface area contributed by atoms with E-state index >= 15 is 0 Å². The van der Waals surface area contributed by atoms with Gasteiger partial charge in [0.2, 0.25) is 5.91 Å². The van der Waals surface area contributed by atoms with Crippen molar-refractivity contribution in [2.75, 3.05) is 13.6 Å². The number of piperidine rings is 1. The van der Waals surface area contributed by atoms with Gasteiger partial charge in [-0.25, -0.2) is 4.98 Å². The number of amides is 1. The van der Waals surface area contributed by atoms with Crippen LogP contribution in [0.2, 0.25) is 0 Å². The minimum atomic E-state index is -0.0630. The average Bonchev–Trinajstić information content (AvgIpc) is 2.74. The summed E-state index contributed by atoms with van der Waals surface area (Å²) >= 11 is 0. The summed E-state index contributed by atoms with van der Waals surface area (Å²) in [5.41, 5.74) is 0. The van der Waals surface area contributed by atoms with Crippen LogP contribution in [0.1, 0.15) is 18.7 Å². The number of nitrogens with zero attached hydrogens (tertiary/aromatic N) is 3. The van der Waals surface area contributed by atoms with E-state index in [0.29, 0.717) is 5.92 Å². The summed E-state index contributed by atoms with van der Waals surface area (Å²) in [6.07, 6.45) is 4.42. The van der Waals surface area contributed by atoms with Crippen molar-refractivity contribution in [1.82, 2.24) is 25.4 Å². The molecule has 0 radical (unpaired) electrons. The van der Waals surface area contributed by atoms with Crippen molar-refractivity contribution < 1.29 is 4.79 Å². The molecule has 0 spiro atoms. The second-order valence-corrected chi connectivity index (χ2v) is 4.52. The van der Waals surface area contributed by atoms with Gasteiger partial charge in [0.25, 0.3) is 0 Å². The van der Waals surface area contributed by atoms with Crippen molar-refractivity contribution >= 4 is 5.91 Å². The van der Waals surface area contributed by atoms with Crippen molar-refractivity contribution in [3.8, 4) is 0 Å². The van der Waals surface area contributed by atoms with Crippen molar-refractivity contribution in [2.45, 2.75) is 25.3 Å². The molecule has 94 valence electrons. The number of aromatic nitrogens is 3. The molecule has 1 aliphatic rings. The van der Waals surface area contributed by atoms with Crippen LogP contribution in [0.15, 0.2) is 6.33 Å². The van der Waals surface area contributed by atoms with Gasteiger partial charge in [-0.1, -0.05) is 0 Å². The second kappa shape index (κ2) is 5.27. The highest BCUT2D eigenvalue weighted by atomic mass is 16.2. The largest absolute Gasteiger partial charge is 0.358 e. The van der Waals surface area contributed by atoms with Crippen molar-refractivity contribution in [3.05, 3.63) is 12.2 Å². The Morgan fingerprint density at radius 2 is 2.53 bits per heavy atom. The lowest BCUT2D eigenvalue weighted by atomic mass is 9.89. The third kappa shape index (κ3) is 2.82. The van der Waals surface area contributed by atoms with Gasteiger partial charge in [-0.3, -0.25) is 9.48 Å². The van der Waals surface area contributed by atoms with Crippen molar-refractivity contribution in [2.24, 2.45) is 13.0 Å². The summed E-state index contributed by atoms with van der Waals surface area (Å²) in [5.74, 6) is 1.57. The first-order valence-electron chi connectivity index (χ1n) is 5.98. The van der Waals surface area contributed by atoms with Crippen LogP contribution in [-0.4, -0.2) is 40.3 Å². The number of likely N-dealkylation sites (N-methyl/N-ethyl adjacent to an activating group) is 1. The predicted molar refractivity (Wildman–Crippen MR) is 63.3 cm³/mol. The summed E-state index contributed by atoms with van der Waals surface area (Å²) in [6, 6.07) is -0.0630. The molecule has 6 nitrogen and oxygen atoms in total. The van der Waals surface area contributed by atoms with Crippen LogP contribution in [0.4, 0.5) is 0 Å². The van der Waals surface area contributed by atoms with Gasteiger partial charge in [-0.2, -0.15) is 5.10 Å². The summed E-state index contributed by atoms with van der Waals surface area (Å²) in [6.45, 7) is 0.889.